The standard InChI is InChI=1S/C19H18N2O4S/c22-18-14-5-1-2-6-16(14)26(24,25)17-10-12(7-8-15(17)18)19(23)21-13-4-3-9-20-11-13/h1-2,5-8,10,13,20H,3-4,9,11H2,(H,21,23)/t13-/m0/s1. The fourth-order valence-corrected chi connectivity index (χ4v) is 5.15. The number of carbonyl (C=O) groups excluding carboxylic acids is 2. The number of hydrogen-bond acceptors (Lipinski definition) is 5. The van der Waals surface area contributed by atoms with E-state index in [1.54, 1.807) is 12.1 Å². The Bertz CT molecular complexity index is 1010. The van der Waals surface area contributed by atoms with Gasteiger partial charge in [-0.3, -0.25) is 9.59 Å². The Morgan fingerprint density at radius 2 is 1.85 bits per heavy atom. The smallest absolute Gasteiger partial charge is 0.251 e. The van der Waals surface area contributed by atoms with Gasteiger partial charge in [-0.05, 0) is 49.7 Å². The second-order valence-corrected chi connectivity index (χ2v) is 8.44. The molecule has 1 atom stereocenters. The normalized spacial score (nSPS) is 20.8. The van der Waals surface area contributed by atoms with E-state index in [4.69, 9.17) is 0 Å². The third kappa shape index (κ3) is 2.73. The van der Waals surface area contributed by atoms with Crippen molar-refractivity contribution in [2.24, 2.45) is 0 Å². The topological polar surface area (TPSA) is 92.3 Å². The van der Waals surface area contributed by atoms with Crippen molar-refractivity contribution in [1.82, 2.24) is 10.6 Å². The third-order valence-electron chi connectivity index (χ3n) is 4.83. The molecule has 0 spiro atoms. The van der Waals surface area contributed by atoms with Gasteiger partial charge >= 0.3 is 0 Å². The summed E-state index contributed by atoms with van der Waals surface area (Å²) in [5, 5.41) is 6.13. The molecule has 134 valence electrons. The maximum absolute atomic E-state index is 12.9. The Morgan fingerprint density at radius 1 is 1.08 bits per heavy atom. The predicted molar refractivity (Wildman–Crippen MR) is 95.1 cm³/mol. The largest absolute Gasteiger partial charge is 0.348 e. The van der Waals surface area contributed by atoms with Crippen molar-refractivity contribution in [3.8, 4) is 0 Å². The molecule has 2 aliphatic heterocycles. The lowest BCUT2D eigenvalue weighted by Gasteiger charge is -2.24. The van der Waals surface area contributed by atoms with Gasteiger partial charge in [-0.2, -0.15) is 0 Å². The van der Waals surface area contributed by atoms with E-state index in [9.17, 15) is 18.0 Å². The second-order valence-electron chi connectivity index (χ2n) is 6.56. The Labute approximate surface area is 151 Å². The van der Waals surface area contributed by atoms with Crippen LogP contribution in [0.4, 0.5) is 0 Å². The van der Waals surface area contributed by atoms with Gasteiger partial charge in [0.2, 0.25) is 9.84 Å². The van der Waals surface area contributed by atoms with Crippen molar-refractivity contribution in [3.05, 3.63) is 59.2 Å². The van der Waals surface area contributed by atoms with Crippen LogP contribution in [0.25, 0.3) is 0 Å². The van der Waals surface area contributed by atoms with Crippen LogP contribution in [-0.4, -0.2) is 39.2 Å². The molecule has 6 nitrogen and oxygen atoms in total. The first-order valence-corrected chi connectivity index (χ1v) is 10.0. The van der Waals surface area contributed by atoms with E-state index in [2.05, 4.69) is 10.6 Å². The van der Waals surface area contributed by atoms with Crippen LogP contribution in [0.2, 0.25) is 0 Å². The van der Waals surface area contributed by atoms with Gasteiger partial charge in [0.05, 0.1) is 9.79 Å². The Kier molecular flexibility index (Phi) is 4.13. The maximum atomic E-state index is 12.9. The number of amides is 1. The molecule has 1 fully saturated rings. The highest BCUT2D eigenvalue weighted by atomic mass is 32.2. The minimum atomic E-state index is -3.84. The minimum absolute atomic E-state index is 0.00783. The van der Waals surface area contributed by atoms with Gasteiger partial charge in [-0.15, -0.1) is 0 Å². The number of ketones is 1. The number of nitrogens with one attached hydrogen (secondary N) is 2. The SMILES string of the molecule is O=C(N[C@H]1CCCNC1)c1ccc2c(c1)S(=O)(=O)c1ccccc1C2=O. The molecule has 0 aliphatic carbocycles. The zero-order valence-corrected chi connectivity index (χ0v) is 14.8. The van der Waals surface area contributed by atoms with Crippen LogP contribution in [-0.2, 0) is 9.84 Å². The molecule has 0 radical (unpaired) electrons. The molecule has 26 heavy (non-hydrogen) atoms. The summed E-state index contributed by atoms with van der Waals surface area (Å²) >= 11 is 0. The molecule has 2 N–H and O–H groups in total. The summed E-state index contributed by atoms with van der Waals surface area (Å²) in [5.74, 6) is -0.670. The van der Waals surface area contributed by atoms with Crippen LogP contribution < -0.4 is 10.6 Å². The molecule has 2 aromatic carbocycles. The first-order chi connectivity index (χ1) is 12.5. The molecule has 2 aromatic rings. The van der Waals surface area contributed by atoms with Crippen molar-refractivity contribution < 1.29 is 18.0 Å². The van der Waals surface area contributed by atoms with Crippen LogP contribution in [0.5, 0.6) is 0 Å². The van der Waals surface area contributed by atoms with Crippen LogP contribution in [0, 0.1) is 0 Å². The number of carbonyl (C=O) groups is 2. The molecule has 0 bridgehead atoms. The summed E-state index contributed by atoms with van der Waals surface area (Å²) in [7, 11) is -3.84. The average molecular weight is 370 g/mol. The van der Waals surface area contributed by atoms with Gasteiger partial charge in [-0.25, -0.2) is 8.42 Å². The minimum Gasteiger partial charge on any atom is -0.348 e. The van der Waals surface area contributed by atoms with Gasteiger partial charge in [0, 0.05) is 29.3 Å². The Balaban J connectivity index is 1.71. The van der Waals surface area contributed by atoms with Crippen molar-refractivity contribution >= 4 is 21.5 Å². The number of rotatable bonds is 2. The molecule has 0 unspecified atom stereocenters. The summed E-state index contributed by atoms with van der Waals surface area (Å²) in [4.78, 5) is 25.0. The summed E-state index contributed by atoms with van der Waals surface area (Å²) in [6.45, 7) is 1.63. The Hall–Kier alpha value is -2.51. The predicted octanol–water partition coefficient (Wildman–Crippen LogP) is 1.55. The molecule has 1 amide bonds. The molecule has 0 saturated carbocycles. The number of sulfone groups is 1. The van der Waals surface area contributed by atoms with Crippen molar-refractivity contribution in [2.45, 2.75) is 28.7 Å². The van der Waals surface area contributed by atoms with E-state index in [-0.39, 0.29) is 44.2 Å². The van der Waals surface area contributed by atoms with Crippen molar-refractivity contribution in [3.63, 3.8) is 0 Å². The quantitative estimate of drug-likeness (QED) is 0.714. The van der Waals surface area contributed by atoms with Gasteiger partial charge in [0.15, 0.2) is 5.78 Å². The van der Waals surface area contributed by atoms with Crippen molar-refractivity contribution in [1.29, 1.82) is 0 Å². The second kappa shape index (κ2) is 6.34. The summed E-state index contributed by atoms with van der Waals surface area (Å²) in [6, 6.07) is 10.4. The maximum Gasteiger partial charge on any atom is 0.251 e. The molecule has 0 aromatic heterocycles. The monoisotopic (exact) mass is 370 g/mol. The fourth-order valence-electron chi connectivity index (χ4n) is 3.47. The van der Waals surface area contributed by atoms with Gasteiger partial charge in [0.1, 0.15) is 0 Å². The summed E-state index contributed by atoms with van der Waals surface area (Å²) < 4.78 is 25.8. The first-order valence-electron chi connectivity index (χ1n) is 8.53. The van der Waals surface area contributed by atoms with Crippen LogP contribution >= 0.6 is 0 Å². The molecule has 4 rings (SSSR count). The molecular formula is C19H18N2O4S. The van der Waals surface area contributed by atoms with E-state index in [1.807, 2.05) is 0 Å². The summed E-state index contributed by atoms with van der Waals surface area (Å²) in [6.07, 6.45) is 1.86. The van der Waals surface area contributed by atoms with Crippen LogP contribution in [0.3, 0.4) is 0 Å². The number of benzene rings is 2. The Morgan fingerprint density at radius 3 is 2.62 bits per heavy atom. The lowest BCUT2D eigenvalue weighted by molar-refractivity contribution is 0.0929. The van der Waals surface area contributed by atoms with E-state index in [0.717, 1.165) is 19.4 Å². The molecular weight excluding hydrogens is 352 g/mol. The van der Waals surface area contributed by atoms with Gasteiger partial charge in [-0.1, -0.05) is 12.1 Å². The van der Waals surface area contributed by atoms with Crippen LogP contribution in [0.15, 0.2) is 52.3 Å². The van der Waals surface area contributed by atoms with Gasteiger partial charge in [0.25, 0.3) is 5.91 Å². The van der Waals surface area contributed by atoms with E-state index >= 15 is 0 Å². The fraction of sp³-hybridized carbons (Fsp3) is 0.263. The highest BCUT2D eigenvalue weighted by Gasteiger charge is 2.35. The van der Waals surface area contributed by atoms with Gasteiger partial charge < -0.3 is 10.6 Å². The lowest BCUT2D eigenvalue weighted by atomic mass is 10.0. The lowest BCUT2D eigenvalue weighted by Crippen LogP contribution is -2.45. The third-order valence-corrected chi connectivity index (χ3v) is 6.68. The highest BCUT2D eigenvalue weighted by molar-refractivity contribution is 7.91. The molecule has 2 heterocycles. The number of piperidine rings is 1. The zero-order valence-electron chi connectivity index (χ0n) is 14.0. The van der Waals surface area contributed by atoms with E-state index < -0.39 is 9.84 Å². The molecule has 7 heteroatoms. The number of hydrogen-bond donors (Lipinski definition) is 2. The van der Waals surface area contributed by atoms with E-state index in [1.165, 1.54) is 30.3 Å². The molecule has 2 aliphatic rings. The first kappa shape index (κ1) is 16.9. The average Bonchev–Trinajstić information content (AvgIpc) is 2.67. The summed E-state index contributed by atoms with van der Waals surface area (Å²) in [5.41, 5.74) is 0.523. The van der Waals surface area contributed by atoms with E-state index in [0.29, 0.717) is 6.54 Å². The molecule has 1 saturated heterocycles. The highest BCUT2D eigenvalue weighted by Crippen LogP contribution is 2.34. The van der Waals surface area contributed by atoms with Crippen LogP contribution in [0.1, 0.15) is 39.1 Å². The van der Waals surface area contributed by atoms with Crippen molar-refractivity contribution in [2.75, 3.05) is 13.1 Å². The zero-order chi connectivity index (χ0) is 18.3. The number of fused-ring (bicyclic) bond motifs is 2.